The lowest BCUT2D eigenvalue weighted by molar-refractivity contribution is 0.423. The van der Waals surface area contributed by atoms with Gasteiger partial charge >= 0.3 is 0 Å². The minimum atomic E-state index is -0.732. The number of benzene rings is 1. The molecule has 0 spiro atoms. The Hall–Kier alpha value is -0.890. The van der Waals surface area contributed by atoms with E-state index in [2.05, 4.69) is 0 Å². The molecule has 2 heteroatoms. The Bertz CT molecular complexity index is 268. The van der Waals surface area contributed by atoms with Gasteiger partial charge in [-0.05, 0) is 12.0 Å². The van der Waals surface area contributed by atoms with Crippen molar-refractivity contribution in [3.8, 4) is 0 Å². The Balaban J connectivity index is 2.31. The maximum atomic E-state index is 13.0. The van der Waals surface area contributed by atoms with Gasteiger partial charge in [0.25, 0.3) is 0 Å². The van der Waals surface area contributed by atoms with Crippen LogP contribution >= 0.6 is 0 Å². The van der Waals surface area contributed by atoms with Gasteiger partial charge in [0, 0.05) is 12.0 Å². The van der Waals surface area contributed by atoms with Crippen molar-refractivity contribution in [3.63, 3.8) is 0 Å². The third kappa shape index (κ3) is 0.950. The average Bonchev–Trinajstić information content (AvgIpc) is 2.80. The van der Waals surface area contributed by atoms with Crippen molar-refractivity contribution in [2.45, 2.75) is 18.0 Å². The van der Waals surface area contributed by atoms with Gasteiger partial charge < -0.3 is 5.73 Å². The van der Waals surface area contributed by atoms with Crippen LogP contribution in [0.25, 0.3) is 0 Å². The van der Waals surface area contributed by atoms with E-state index in [1.165, 1.54) is 0 Å². The molecule has 2 rings (SSSR count). The van der Waals surface area contributed by atoms with Crippen LogP contribution in [-0.4, -0.2) is 12.7 Å². The highest BCUT2D eigenvalue weighted by Crippen LogP contribution is 2.49. The van der Waals surface area contributed by atoms with Crippen LogP contribution in [-0.2, 0) is 5.41 Å². The van der Waals surface area contributed by atoms with Crippen molar-refractivity contribution >= 4 is 0 Å². The van der Waals surface area contributed by atoms with Crippen LogP contribution in [0, 0.1) is 0 Å². The molecule has 0 saturated heterocycles. The fraction of sp³-hybridized carbons (Fsp3) is 0.400. The highest BCUT2D eigenvalue weighted by molar-refractivity contribution is 5.35. The van der Waals surface area contributed by atoms with Gasteiger partial charge in [-0.1, -0.05) is 30.3 Å². The summed E-state index contributed by atoms with van der Waals surface area (Å²) in [6, 6.07) is 9.69. The van der Waals surface area contributed by atoms with Gasteiger partial charge in [0.15, 0.2) is 0 Å². The maximum Gasteiger partial charge on any atom is 0.112 e. The number of nitrogens with two attached hydrogens (primary N) is 1. The fourth-order valence-corrected chi connectivity index (χ4v) is 1.66. The zero-order valence-corrected chi connectivity index (χ0v) is 6.83. The Morgan fingerprint density at radius 3 is 2.42 bits per heavy atom. The largest absolute Gasteiger partial charge is 0.329 e. The Morgan fingerprint density at radius 2 is 2.00 bits per heavy atom. The lowest BCUT2D eigenvalue weighted by Gasteiger charge is -2.11. The summed E-state index contributed by atoms with van der Waals surface area (Å²) in [5.41, 5.74) is 6.25. The molecule has 2 unspecified atom stereocenters. The summed E-state index contributed by atoms with van der Waals surface area (Å²) >= 11 is 0. The van der Waals surface area contributed by atoms with Crippen molar-refractivity contribution < 1.29 is 4.39 Å². The summed E-state index contributed by atoms with van der Waals surface area (Å²) in [6.07, 6.45) is -0.141. The molecule has 1 nitrogen and oxygen atoms in total. The van der Waals surface area contributed by atoms with Gasteiger partial charge in [-0.25, -0.2) is 4.39 Å². The second-order valence-corrected chi connectivity index (χ2v) is 3.40. The molecule has 12 heavy (non-hydrogen) atoms. The zero-order valence-electron chi connectivity index (χ0n) is 6.83. The smallest absolute Gasteiger partial charge is 0.112 e. The minimum Gasteiger partial charge on any atom is -0.329 e. The number of halogens is 1. The average molecular weight is 165 g/mol. The molecule has 1 aliphatic rings. The molecule has 1 saturated carbocycles. The van der Waals surface area contributed by atoms with Gasteiger partial charge in [-0.15, -0.1) is 0 Å². The van der Waals surface area contributed by atoms with Gasteiger partial charge in [0.05, 0.1) is 0 Å². The quantitative estimate of drug-likeness (QED) is 0.708. The van der Waals surface area contributed by atoms with E-state index in [1.54, 1.807) is 0 Å². The van der Waals surface area contributed by atoms with E-state index in [4.69, 9.17) is 5.73 Å². The van der Waals surface area contributed by atoms with E-state index in [9.17, 15) is 4.39 Å². The topological polar surface area (TPSA) is 26.0 Å². The summed E-state index contributed by atoms with van der Waals surface area (Å²) < 4.78 is 13.0. The highest BCUT2D eigenvalue weighted by Gasteiger charge is 2.55. The molecule has 1 aliphatic carbocycles. The summed E-state index contributed by atoms with van der Waals surface area (Å²) in [4.78, 5) is 0. The third-order valence-electron chi connectivity index (χ3n) is 2.70. The van der Waals surface area contributed by atoms with Crippen LogP contribution in [0.5, 0.6) is 0 Å². The van der Waals surface area contributed by atoms with Crippen molar-refractivity contribution in [3.05, 3.63) is 35.9 Å². The van der Waals surface area contributed by atoms with Gasteiger partial charge in [-0.3, -0.25) is 0 Å². The van der Waals surface area contributed by atoms with E-state index < -0.39 is 6.17 Å². The van der Waals surface area contributed by atoms with E-state index in [1.807, 2.05) is 30.3 Å². The van der Waals surface area contributed by atoms with Crippen LogP contribution in [0.1, 0.15) is 12.0 Å². The number of alkyl halides is 1. The third-order valence-corrected chi connectivity index (χ3v) is 2.70. The molecule has 0 aliphatic heterocycles. The predicted molar refractivity (Wildman–Crippen MR) is 46.7 cm³/mol. The molecule has 1 fully saturated rings. The maximum absolute atomic E-state index is 13.0. The van der Waals surface area contributed by atoms with E-state index in [0.29, 0.717) is 13.0 Å². The summed E-state index contributed by atoms with van der Waals surface area (Å²) in [6.45, 7) is 0.415. The molecule has 1 aromatic carbocycles. The standard InChI is InChI=1S/C10H12FN/c11-9-6-10(9,7-12)8-4-2-1-3-5-8/h1-5,9H,6-7,12H2. The van der Waals surface area contributed by atoms with Crippen LogP contribution in [0.2, 0.25) is 0 Å². The van der Waals surface area contributed by atoms with Gasteiger partial charge in [-0.2, -0.15) is 0 Å². The van der Waals surface area contributed by atoms with E-state index >= 15 is 0 Å². The highest BCUT2D eigenvalue weighted by atomic mass is 19.1. The van der Waals surface area contributed by atoms with Crippen molar-refractivity contribution in [1.82, 2.24) is 0 Å². The van der Waals surface area contributed by atoms with Crippen LogP contribution in [0.4, 0.5) is 4.39 Å². The monoisotopic (exact) mass is 165 g/mol. The van der Waals surface area contributed by atoms with Crippen molar-refractivity contribution in [2.24, 2.45) is 5.73 Å². The molecular weight excluding hydrogens is 153 g/mol. The molecule has 64 valence electrons. The van der Waals surface area contributed by atoms with E-state index in [-0.39, 0.29) is 5.41 Å². The fourth-order valence-electron chi connectivity index (χ4n) is 1.66. The normalized spacial score (nSPS) is 33.3. The summed E-state index contributed by atoms with van der Waals surface area (Å²) in [5, 5.41) is 0. The molecule has 2 atom stereocenters. The van der Waals surface area contributed by atoms with Gasteiger partial charge in [0.2, 0.25) is 0 Å². The van der Waals surface area contributed by atoms with Crippen LogP contribution in [0.3, 0.4) is 0 Å². The first-order chi connectivity index (χ1) is 5.79. The Labute approximate surface area is 71.4 Å². The lowest BCUT2D eigenvalue weighted by atomic mass is 9.96. The van der Waals surface area contributed by atoms with Crippen molar-refractivity contribution in [1.29, 1.82) is 0 Å². The van der Waals surface area contributed by atoms with E-state index in [0.717, 1.165) is 5.56 Å². The molecule has 0 amide bonds. The Morgan fingerprint density at radius 1 is 1.42 bits per heavy atom. The summed E-state index contributed by atoms with van der Waals surface area (Å²) in [7, 11) is 0. The second kappa shape index (κ2) is 2.56. The number of rotatable bonds is 2. The number of hydrogen-bond donors (Lipinski definition) is 1. The molecule has 0 aromatic heterocycles. The molecule has 0 bridgehead atoms. The first kappa shape index (κ1) is 7.74. The molecule has 0 radical (unpaired) electrons. The van der Waals surface area contributed by atoms with Crippen molar-refractivity contribution in [2.75, 3.05) is 6.54 Å². The molecule has 1 aromatic rings. The van der Waals surface area contributed by atoms with Crippen LogP contribution < -0.4 is 5.73 Å². The SMILES string of the molecule is NCC1(c2ccccc2)CC1F. The molecule has 2 N–H and O–H groups in total. The number of hydrogen-bond acceptors (Lipinski definition) is 1. The molecule has 0 heterocycles. The van der Waals surface area contributed by atoms with Gasteiger partial charge in [0.1, 0.15) is 6.17 Å². The first-order valence-corrected chi connectivity index (χ1v) is 4.19. The molecular formula is C10H12FN. The summed E-state index contributed by atoms with van der Waals surface area (Å²) in [5.74, 6) is 0. The first-order valence-electron chi connectivity index (χ1n) is 4.19. The second-order valence-electron chi connectivity index (χ2n) is 3.40. The Kier molecular flexibility index (Phi) is 1.65. The zero-order chi connectivity index (χ0) is 8.60. The lowest BCUT2D eigenvalue weighted by Crippen LogP contribution is -2.22. The predicted octanol–water partition coefficient (Wildman–Crippen LogP) is 1.62. The minimum absolute atomic E-state index is 0.346. The van der Waals surface area contributed by atoms with Crippen LogP contribution in [0.15, 0.2) is 30.3 Å².